The molecule has 334 valence electrons. The highest BCUT2D eigenvalue weighted by molar-refractivity contribution is 7.15. The highest BCUT2D eigenvalue weighted by atomic mass is 32.1. The molecule has 0 radical (unpaired) electrons. The van der Waals surface area contributed by atoms with Gasteiger partial charge in [0.2, 0.25) is 0 Å². The first kappa shape index (κ1) is 46.7. The van der Waals surface area contributed by atoms with Crippen LogP contribution in [0.5, 0.6) is 0 Å². The summed E-state index contributed by atoms with van der Waals surface area (Å²) in [5.74, 6) is -1.29. The van der Waals surface area contributed by atoms with Crippen molar-refractivity contribution in [1.29, 1.82) is 0 Å². The summed E-state index contributed by atoms with van der Waals surface area (Å²) in [4.78, 5) is 3.34. The Morgan fingerprint density at radius 2 is 1.24 bits per heavy atom. The van der Waals surface area contributed by atoms with E-state index in [9.17, 15) is 55.5 Å². The Kier molecular flexibility index (Phi) is 14.4. The number of hydrogen-bond donors (Lipinski definition) is 10. The molecule has 1 unspecified atom stereocenters. The monoisotopic (exact) mass is 904 g/mol. The van der Waals surface area contributed by atoms with Crippen molar-refractivity contribution in [2.75, 3.05) is 13.2 Å². The van der Waals surface area contributed by atoms with Crippen molar-refractivity contribution in [1.82, 2.24) is 0 Å². The fourth-order valence-electron chi connectivity index (χ4n) is 8.01. The molecule has 7 rings (SSSR count). The van der Waals surface area contributed by atoms with E-state index in [2.05, 4.69) is 0 Å². The summed E-state index contributed by atoms with van der Waals surface area (Å²) in [5, 5.41) is 107. The van der Waals surface area contributed by atoms with E-state index in [4.69, 9.17) is 4.74 Å². The Morgan fingerprint density at radius 1 is 0.651 bits per heavy atom. The van der Waals surface area contributed by atoms with E-state index in [1.807, 2.05) is 50.2 Å². The van der Waals surface area contributed by atoms with Crippen LogP contribution in [0.15, 0.2) is 103 Å². The fraction of sp³-hybridized carbons (Fsp3) is 0.333. The van der Waals surface area contributed by atoms with Crippen LogP contribution < -0.4 is 0 Å². The molecule has 10 atom stereocenters. The van der Waals surface area contributed by atoms with Crippen LogP contribution in [0.2, 0.25) is 0 Å². The maximum absolute atomic E-state index is 16.3. The maximum atomic E-state index is 16.3. The zero-order chi connectivity index (χ0) is 45.3. The van der Waals surface area contributed by atoms with Gasteiger partial charge in [-0.25, -0.2) is 8.78 Å². The van der Waals surface area contributed by atoms with E-state index in [-0.39, 0.29) is 11.4 Å². The van der Waals surface area contributed by atoms with Crippen molar-refractivity contribution in [3.63, 3.8) is 0 Å². The number of benzene rings is 4. The third kappa shape index (κ3) is 9.58. The number of halogens is 2. The predicted molar refractivity (Wildman–Crippen MR) is 234 cm³/mol. The largest absolute Gasteiger partial charge is 0.394 e. The van der Waals surface area contributed by atoms with E-state index in [1.165, 1.54) is 53.0 Å². The van der Waals surface area contributed by atoms with Crippen molar-refractivity contribution in [2.24, 2.45) is 0 Å². The SMILES string of the molecule is Cc1ccc([C@@H]2O[C@@H](CO)[C@H](O)[C@H](O)[C@H]2O)cc1Cc1ccc(-c2ccc(F)c(C(O)(c3ccc(C)c(Cc4ccc(-c5ccc(F)cc5)s4)c3)[C@H](O)[C@@H](O)[C@H](O)[C@H](O)CO)c2)s1. The fourth-order valence-corrected chi connectivity index (χ4v) is 10.1. The molecule has 6 aromatic rings. The van der Waals surface area contributed by atoms with Crippen LogP contribution in [0.25, 0.3) is 20.9 Å². The lowest BCUT2D eigenvalue weighted by Gasteiger charge is -2.40. The number of hydrogen-bond acceptors (Lipinski definition) is 13. The Labute approximate surface area is 370 Å². The van der Waals surface area contributed by atoms with Gasteiger partial charge in [0.25, 0.3) is 0 Å². The van der Waals surface area contributed by atoms with E-state index >= 15 is 4.39 Å². The molecule has 0 spiro atoms. The molecule has 10 N–H and O–H groups in total. The molecule has 2 aromatic heterocycles. The second kappa shape index (κ2) is 19.4. The summed E-state index contributed by atoms with van der Waals surface area (Å²) in [7, 11) is 0. The Balaban J connectivity index is 1.22. The summed E-state index contributed by atoms with van der Waals surface area (Å²) in [6.45, 7) is 2.23. The Hall–Kier alpha value is -4.30. The minimum absolute atomic E-state index is 0.0201. The van der Waals surface area contributed by atoms with Crippen LogP contribution in [-0.4, -0.2) is 113 Å². The summed E-state index contributed by atoms with van der Waals surface area (Å²) in [6, 6.07) is 27.8. The lowest BCUT2D eigenvalue weighted by atomic mass is 9.76. The molecule has 0 bridgehead atoms. The molecule has 63 heavy (non-hydrogen) atoms. The smallest absolute Gasteiger partial charge is 0.146 e. The molecular formula is C48H50F2O11S2. The number of aliphatic hydroxyl groups is 10. The molecule has 11 nitrogen and oxygen atoms in total. The van der Waals surface area contributed by atoms with Crippen LogP contribution in [0.1, 0.15) is 54.8 Å². The first-order valence-electron chi connectivity index (χ1n) is 20.3. The highest BCUT2D eigenvalue weighted by Gasteiger charge is 2.48. The quantitative estimate of drug-likeness (QED) is 0.0698. The van der Waals surface area contributed by atoms with Gasteiger partial charge in [0.1, 0.15) is 72.2 Å². The van der Waals surface area contributed by atoms with Crippen LogP contribution in [0.4, 0.5) is 8.78 Å². The van der Waals surface area contributed by atoms with Gasteiger partial charge in [-0.15, -0.1) is 22.7 Å². The second-order valence-corrected chi connectivity index (χ2v) is 18.4. The lowest BCUT2D eigenvalue weighted by molar-refractivity contribution is -0.231. The van der Waals surface area contributed by atoms with Crippen LogP contribution in [0, 0.1) is 25.5 Å². The minimum atomic E-state index is -2.73. The second-order valence-electron chi connectivity index (χ2n) is 16.1. The number of aryl methyl sites for hydroxylation is 2. The zero-order valence-corrected chi connectivity index (χ0v) is 35.9. The molecule has 4 aromatic carbocycles. The van der Waals surface area contributed by atoms with Gasteiger partial charge in [0.15, 0.2) is 0 Å². The normalized spacial score (nSPS) is 22.0. The average molecular weight is 905 g/mol. The zero-order valence-electron chi connectivity index (χ0n) is 34.3. The van der Waals surface area contributed by atoms with Crippen molar-refractivity contribution in [2.45, 2.75) is 87.2 Å². The van der Waals surface area contributed by atoms with Gasteiger partial charge in [0.05, 0.1) is 13.2 Å². The van der Waals surface area contributed by atoms with Crippen LogP contribution >= 0.6 is 22.7 Å². The van der Waals surface area contributed by atoms with Gasteiger partial charge in [-0.3, -0.25) is 0 Å². The lowest BCUT2D eigenvalue weighted by Crippen LogP contribution is -2.55. The van der Waals surface area contributed by atoms with Crippen LogP contribution in [0.3, 0.4) is 0 Å². The Bertz CT molecular complexity index is 2510. The number of rotatable bonds is 15. The standard InChI is InChI=1S/C48H50F2O11S2/c1-24-3-5-28(46-44(57)43(56)42(55)38(23-52)61-46)17-29(24)19-33-13-16-40(63-33)27-8-14-36(50)35(21-27)48(60,47(59)45(58)41(54)37(53)22-51)31-9-4-25(2)30(18-31)20-34-12-15-39(62-34)26-6-10-32(49)11-7-26/h3-18,21,37-38,41-47,51-60H,19-20,22-23H2,1-2H3/t37-,38+,41-,42+,43+,44-,45+,46+,47-,48?/m1/s1. The average Bonchev–Trinajstić information content (AvgIpc) is 3.96. The predicted octanol–water partition coefficient (Wildman–Crippen LogP) is 4.41. The molecule has 3 heterocycles. The van der Waals surface area contributed by atoms with Crippen molar-refractivity contribution in [3.05, 3.63) is 163 Å². The summed E-state index contributed by atoms with van der Waals surface area (Å²) in [6.07, 6.45) is -14.4. The number of ether oxygens (including phenoxy) is 1. The molecule has 1 fully saturated rings. The van der Waals surface area contributed by atoms with E-state index in [0.29, 0.717) is 34.4 Å². The highest BCUT2D eigenvalue weighted by Crippen LogP contribution is 2.42. The first-order chi connectivity index (χ1) is 30.0. The molecule has 1 aliphatic heterocycles. The molecule has 15 heteroatoms. The van der Waals surface area contributed by atoms with Gasteiger partial charge >= 0.3 is 0 Å². The minimum Gasteiger partial charge on any atom is -0.394 e. The van der Waals surface area contributed by atoms with Crippen molar-refractivity contribution >= 4 is 22.7 Å². The molecule has 1 aliphatic rings. The van der Waals surface area contributed by atoms with Gasteiger partial charge in [0, 0.05) is 37.9 Å². The maximum Gasteiger partial charge on any atom is 0.146 e. The van der Waals surface area contributed by atoms with E-state index < -0.39 is 85.1 Å². The molecule has 0 amide bonds. The summed E-state index contributed by atoms with van der Waals surface area (Å²) in [5.41, 5.74) is 1.91. The van der Waals surface area contributed by atoms with Gasteiger partial charge in [-0.1, -0.05) is 54.6 Å². The van der Waals surface area contributed by atoms with Gasteiger partial charge in [-0.2, -0.15) is 0 Å². The van der Waals surface area contributed by atoms with Crippen molar-refractivity contribution < 1.29 is 64.6 Å². The van der Waals surface area contributed by atoms with Gasteiger partial charge < -0.3 is 55.8 Å². The Morgan fingerprint density at radius 3 is 1.86 bits per heavy atom. The summed E-state index contributed by atoms with van der Waals surface area (Å²) < 4.78 is 35.7. The number of thiophene rings is 2. The molecule has 1 saturated heterocycles. The molecule has 0 saturated carbocycles. The summed E-state index contributed by atoms with van der Waals surface area (Å²) >= 11 is 2.85. The molecule has 0 aliphatic carbocycles. The topological polar surface area (TPSA) is 212 Å². The van der Waals surface area contributed by atoms with E-state index in [0.717, 1.165) is 43.0 Å². The van der Waals surface area contributed by atoms with E-state index in [1.54, 1.807) is 30.3 Å². The van der Waals surface area contributed by atoms with Crippen molar-refractivity contribution in [3.8, 4) is 20.9 Å². The first-order valence-corrected chi connectivity index (χ1v) is 22.0. The third-order valence-corrected chi connectivity index (χ3v) is 14.2. The van der Waals surface area contributed by atoms with Crippen LogP contribution in [-0.2, 0) is 23.2 Å². The molecular weight excluding hydrogens is 855 g/mol. The number of aliphatic hydroxyl groups excluding tert-OH is 9. The van der Waals surface area contributed by atoms with Gasteiger partial charge in [-0.05, 0) is 107 Å². The third-order valence-electron chi connectivity index (χ3n) is 11.9.